The van der Waals surface area contributed by atoms with Gasteiger partial charge in [-0.25, -0.2) is 30.7 Å². The summed E-state index contributed by atoms with van der Waals surface area (Å²) in [6.07, 6.45) is -0.0303. The van der Waals surface area contributed by atoms with E-state index in [0.717, 1.165) is 45.5 Å². The molecule has 0 aromatic heterocycles. The lowest BCUT2D eigenvalue weighted by molar-refractivity contribution is 0.230. The van der Waals surface area contributed by atoms with E-state index < -0.39 is 17.5 Å². The number of rotatable bonds is 18. The summed E-state index contributed by atoms with van der Waals surface area (Å²) in [6.45, 7) is 49.6. The molecule has 0 heterocycles. The van der Waals surface area contributed by atoms with Gasteiger partial charge in [0.15, 0.2) is 52.0 Å². The van der Waals surface area contributed by atoms with Crippen molar-refractivity contribution in [2.45, 2.75) is 249 Å². The molecule has 27 heteroatoms. The molecule has 9 rings (SSSR count). The molecule has 0 saturated carbocycles. The van der Waals surface area contributed by atoms with E-state index in [0.29, 0.717) is 95.1 Å². The standard InChI is InChI=1S/3C10H12Cl2O.5C10H12ClFO.C10H12F2O.CH4/c2*1-6(2)13-10-5-8(11)7(3)4-9(10)12;1-6(2)13-10-8(11)4-7(3)5-9(10)12;2*1-6(2)13-10-5-8(11)7(3)4-9(10)12;2*1-6(2)13-10-5-9(12)7(3)4-8(10)11;1-6(2)13-10-8(11)4-7(3)5-9(10)12;1-6(2)13-10-5-8(11)7(3)4-9(10)12;/h9*4-6H,1-3H3;1H4. The summed E-state index contributed by atoms with van der Waals surface area (Å²) < 4.78 is 140. The quantitative estimate of drug-likeness (QED) is 0.0780. The van der Waals surface area contributed by atoms with Crippen LogP contribution in [0, 0.1) is 103 Å². The highest BCUT2D eigenvalue weighted by Gasteiger charge is 2.17. The van der Waals surface area contributed by atoms with Crippen molar-refractivity contribution in [1.29, 1.82) is 0 Å². The van der Waals surface area contributed by atoms with Crippen molar-refractivity contribution in [2.75, 3.05) is 0 Å². The molecule has 9 aromatic carbocycles. The third kappa shape index (κ3) is 43.1. The Hall–Kier alpha value is -6.12. The van der Waals surface area contributed by atoms with Gasteiger partial charge in [-0.1, -0.05) is 135 Å². The predicted octanol–water partition coefficient (Wildman–Crippen LogP) is 33.8. The van der Waals surface area contributed by atoms with Crippen LogP contribution in [0.1, 0.15) is 182 Å². The lowest BCUT2D eigenvalue weighted by Gasteiger charge is -2.13. The molecule has 9 nitrogen and oxygen atoms in total. The van der Waals surface area contributed by atoms with Crippen molar-refractivity contribution in [3.63, 3.8) is 0 Å². The molecular weight excluding hydrogens is 1760 g/mol. The van der Waals surface area contributed by atoms with Gasteiger partial charge >= 0.3 is 0 Å². The number of ether oxygens (including phenoxy) is 9. The third-order valence-corrected chi connectivity index (χ3v) is 17.7. The number of benzene rings is 9. The van der Waals surface area contributed by atoms with Gasteiger partial charge in [-0.2, -0.15) is 0 Å². The van der Waals surface area contributed by atoms with Crippen molar-refractivity contribution < 1.29 is 73.4 Å². The van der Waals surface area contributed by atoms with Gasteiger partial charge in [0.05, 0.1) is 90.1 Å². The van der Waals surface area contributed by atoms with E-state index in [-0.39, 0.29) is 114 Å². The van der Waals surface area contributed by atoms with Crippen molar-refractivity contribution in [1.82, 2.24) is 0 Å². The van der Waals surface area contributed by atoms with Gasteiger partial charge in [-0.05, 0) is 304 Å². The summed E-state index contributed by atoms with van der Waals surface area (Å²) in [6, 6.07) is 27.6. The molecule has 0 fully saturated rings. The van der Waals surface area contributed by atoms with E-state index in [9.17, 15) is 30.7 Å². The fourth-order valence-corrected chi connectivity index (χ4v) is 11.5. The summed E-state index contributed by atoms with van der Waals surface area (Å²) in [5, 5.41) is 5.99. The van der Waals surface area contributed by atoms with Crippen molar-refractivity contribution in [3.05, 3.63) is 255 Å². The molecular formula is C91H112Cl11F7O9. The molecule has 9 aromatic rings. The highest BCUT2D eigenvalue weighted by Crippen LogP contribution is 2.38. The first kappa shape index (κ1) is 112. The fraction of sp³-hybridized carbons (Fsp3) is 0.407. The summed E-state index contributed by atoms with van der Waals surface area (Å²) in [5.74, 6) is 0.522. The lowest BCUT2D eigenvalue weighted by atomic mass is 10.2. The number of aryl methyl sites for hydroxylation is 9. The Morgan fingerprint density at radius 1 is 0.178 bits per heavy atom. The molecule has 0 aliphatic rings. The first-order valence-corrected chi connectivity index (χ1v) is 41.3. The van der Waals surface area contributed by atoms with Crippen LogP contribution in [0.3, 0.4) is 0 Å². The minimum absolute atomic E-state index is 0. The maximum absolute atomic E-state index is 13.3. The van der Waals surface area contributed by atoms with Gasteiger partial charge in [0.1, 0.15) is 40.4 Å². The zero-order chi connectivity index (χ0) is 90.1. The maximum atomic E-state index is 13.3. The molecule has 656 valence electrons. The average molecular weight is 1870 g/mol. The minimum Gasteiger partial charge on any atom is -0.489 e. The molecule has 0 aliphatic heterocycles. The molecule has 0 bridgehead atoms. The average Bonchev–Trinajstić information content (AvgIpc) is 0.862. The van der Waals surface area contributed by atoms with Crippen LogP contribution in [0.25, 0.3) is 0 Å². The monoisotopic (exact) mass is 1870 g/mol. The molecule has 0 radical (unpaired) electrons. The van der Waals surface area contributed by atoms with Crippen LogP contribution in [0.4, 0.5) is 30.7 Å². The third-order valence-electron chi connectivity index (χ3n) is 14.0. The smallest absolute Gasteiger partial charge is 0.173 e. The van der Waals surface area contributed by atoms with Gasteiger partial charge in [0.2, 0.25) is 0 Å². The Balaban J connectivity index is 0.00000130. The normalized spacial score (nSPS) is 10.5. The van der Waals surface area contributed by atoms with Crippen LogP contribution in [0.2, 0.25) is 55.2 Å². The van der Waals surface area contributed by atoms with Crippen LogP contribution in [-0.4, -0.2) is 54.9 Å². The van der Waals surface area contributed by atoms with E-state index in [1.54, 1.807) is 78.8 Å². The maximum Gasteiger partial charge on any atom is 0.173 e. The van der Waals surface area contributed by atoms with Crippen LogP contribution < -0.4 is 42.6 Å². The zero-order valence-electron chi connectivity index (χ0n) is 71.1. The zero-order valence-corrected chi connectivity index (χ0v) is 79.4. The summed E-state index contributed by atoms with van der Waals surface area (Å²) in [4.78, 5) is 0. The van der Waals surface area contributed by atoms with Gasteiger partial charge in [-0.15, -0.1) is 0 Å². The molecule has 0 spiro atoms. The number of halogens is 18. The SMILES string of the molecule is C.Cc1cc(Cl)c(OC(C)C)c(Cl)c1.Cc1cc(Cl)c(OC(C)C)cc1Cl.Cc1cc(Cl)c(OC(C)C)cc1Cl.Cc1cc(Cl)c(OC(C)C)cc1F.Cc1cc(Cl)c(OC(C)C)cc1F.Cc1cc(F)c(OC(C)C)c(Cl)c1.Cc1cc(F)c(OC(C)C)cc1Cl.Cc1cc(F)c(OC(C)C)cc1Cl.Cc1cc(F)c(OC(C)C)cc1F. The molecule has 0 N–H and O–H groups in total. The molecule has 0 atom stereocenters. The highest BCUT2D eigenvalue weighted by atomic mass is 35.5. The first-order valence-electron chi connectivity index (χ1n) is 37.1. The Bertz CT molecular complexity index is 3870. The minimum atomic E-state index is -0.521. The molecule has 118 heavy (non-hydrogen) atoms. The summed E-state index contributed by atoms with van der Waals surface area (Å²) in [7, 11) is 0. The topological polar surface area (TPSA) is 83.1 Å². The molecule has 0 unspecified atom stereocenters. The summed E-state index contributed by atoms with van der Waals surface area (Å²) in [5.41, 5.74) is 6.52. The second kappa shape index (κ2) is 55.1. The first-order chi connectivity index (χ1) is 54.0. The number of hydrogen-bond donors (Lipinski definition) is 0. The second-order valence-electron chi connectivity index (χ2n) is 28.8. The van der Waals surface area contributed by atoms with Gasteiger partial charge in [0.25, 0.3) is 0 Å². The van der Waals surface area contributed by atoms with Crippen molar-refractivity contribution in [3.8, 4) is 51.7 Å². The summed E-state index contributed by atoms with van der Waals surface area (Å²) >= 11 is 64.9. The Morgan fingerprint density at radius 3 is 0.636 bits per heavy atom. The Labute approximate surface area is 751 Å². The fourth-order valence-electron chi connectivity index (χ4n) is 8.88. The van der Waals surface area contributed by atoms with E-state index in [2.05, 4.69) is 0 Å². The lowest BCUT2D eigenvalue weighted by Crippen LogP contribution is -2.07. The second-order valence-corrected chi connectivity index (χ2v) is 33.3. The van der Waals surface area contributed by atoms with E-state index in [4.69, 9.17) is 170 Å². The van der Waals surface area contributed by atoms with Crippen LogP contribution in [0.5, 0.6) is 51.7 Å². The van der Waals surface area contributed by atoms with Gasteiger partial charge in [0, 0.05) is 62.6 Å². The molecule has 0 aliphatic carbocycles. The largest absolute Gasteiger partial charge is 0.489 e. The van der Waals surface area contributed by atoms with E-state index in [1.165, 1.54) is 49.4 Å². The highest BCUT2D eigenvalue weighted by molar-refractivity contribution is 6.38. The van der Waals surface area contributed by atoms with E-state index in [1.807, 2.05) is 156 Å². The van der Waals surface area contributed by atoms with Gasteiger partial charge in [-0.3, -0.25) is 0 Å². The van der Waals surface area contributed by atoms with Crippen LogP contribution in [-0.2, 0) is 0 Å². The Kier molecular flexibility index (Phi) is 52.2. The van der Waals surface area contributed by atoms with Crippen LogP contribution >= 0.6 is 128 Å². The molecule has 0 saturated heterocycles. The van der Waals surface area contributed by atoms with Crippen molar-refractivity contribution in [2.24, 2.45) is 0 Å². The van der Waals surface area contributed by atoms with Gasteiger partial charge < -0.3 is 42.6 Å². The van der Waals surface area contributed by atoms with Crippen LogP contribution in [0.15, 0.2) is 109 Å². The predicted molar refractivity (Wildman–Crippen MR) is 484 cm³/mol. The molecule has 0 amide bonds. The van der Waals surface area contributed by atoms with E-state index >= 15 is 0 Å². The van der Waals surface area contributed by atoms with Crippen molar-refractivity contribution >= 4 is 128 Å². The Morgan fingerprint density at radius 2 is 0.364 bits per heavy atom. The number of hydrogen-bond acceptors (Lipinski definition) is 9.